The van der Waals surface area contributed by atoms with Crippen molar-refractivity contribution in [3.8, 4) is 33.6 Å². The molecule has 3 heteroatoms. The molecule has 5 aromatic carbocycles. The minimum absolute atomic E-state index is 0.847. The summed E-state index contributed by atoms with van der Waals surface area (Å²) in [5.41, 5.74) is 9.32. The van der Waals surface area contributed by atoms with Crippen molar-refractivity contribution in [2.75, 3.05) is 0 Å². The van der Waals surface area contributed by atoms with E-state index in [4.69, 9.17) is 13.8 Å². The zero-order chi connectivity index (χ0) is 25.1. The van der Waals surface area contributed by atoms with Crippen molar-refractivity contribution < 1.29 is 8.83 Å². The molecule has 3 nitrogen and oxygen atoms in total. The SMILES string of the molecule is c1ccc(-c2cc(-c3cccc4c3oc3ccccc34)nc(-c3cccc4c3oc3ccccc34)c2)cc1. The molecule has 0 aliphatic carbocycles. The summed E-state index contributed by atoms with van der Waals surface area (Å²) < 4.78 is 12.8. The number of hydrogen-bond acceptors (Lipinski definition) is 3. The average molecular weight is 488 g/mol. The van der Waals surface area contributed by atoms with Crippen LogP contribution in [0.3, 0.4) is 0 Å². The van der Waals surface area contributed by atoms with Gasteiger partial charge in [-0.05, 0) is 47.5 Å². The van der Waals surface area contributed by atoms with Gasteiger partial charge in [0.25, 0.3) is 0 Å². The molecule has 8 aromatic rings. The van der Waals surface area contributed by atoms with Crippen LogP contribution in [-0.2, 0) is 0 Å². The van der Waals surface area contributed by atoms with E-state index in [1.54, 1.807) is 0 Å². The van der Waals surface area contributed by atoms with Gasteiger partial charge in [0.15, 0.2) is 0 Å². The van der Waals surface area contributed by atoms with Gasteiger partial charge in [0.2, 0.25) is 0 Å². The molecule has 0 N–H and O–H groups in total. The molecule has 0 radical (unpaired) electrons. The molecule has 0 aliphatic heterocycles. The Kier molecular flexibility index (Phi) is 4.52. The van der Waals surface area contributed by atoms with E-state index in [2.05, 4.69) is 84.9 Å². The van der Waals surface area contributed by atoms with Crippen molar-refractivity contribution in [1.82, 2.24) is 4.98 Å². The van der Waals surface area contributed by atoms with Crippen LogP contribution in [0.15, 0.2) is 136 Å². The van der Waals surface area contributed by atoms with Crippen molar-refractivity contribution in [2.45, 2.75) is 0 Å². The second kappa shape index (κ2) is 8.19. The predicted molar refractivity (Wildman–Crippen MR) is 155 cm³/mol. The van der Waals surface area contributed by atoms with Gasteiger partial charge >= 0.3 is 0 Å². The number of aromatic nitrogens is 1. The molecule has 0 unspecified atom stereocenters. The monoisotopic (exact) mass is 487 g/mol. The fourth-order valence-electron chi connectivity index (χ4n) is 5.50. The summed E-state index contributed by atoms with van der Waals surface area (Å²) in [4.78, 5) is 5.22. The van der Waals surface area contributed by atoms with Crippen LogP contribution in [0.2, 0.25) is 0 Å². The van der Waals surface area contributed by atoms with E-state index in [1.807, 2.05) is 42.5 Å². The molecule has 8 rings (SSSR count). The van der Waals surface area contributed by atoms with Gasteiger partial charge in [0.05, 0.1) is 11.4 Å². The Bertz CT molecular complexity index is 2000. The number of para-hydroxylation sites is 4. The topological polar surface area (TPSA) is 39.2 Å². The number of benzene rings is 5. The lowest BCUT2D eigenvalue weighted by molar-refractivity contribution is 0.670. The summed E-state index contributed by atoms with van der Waals surface area (Å²) in [6.07, 6.45) is 0. The third-order valence-corrected chi connectivity index (χ3v) is 7.29. The zero-order valence-corrected chi connectivity index (χ0v) is 20.4. The summed E-state index contributed by atoms with van der Waals surface area (Å²) in [5, 5.41) is 4.39. The maximum Gasteiger partial charge on any atom is 0.144 e. The third-order valence-electron chi connectivity index (χ3n) is 7.29. The number of pyridine rings is 1. The highest BCUT2D eigenvalue weighted by Crippen LogP contribution is 2.40. The van der Waals surface area contributed by atoms with Crippen LogP contribution in [0, 0.1) is 0 Å². The minimum Gasteiger partial charge on any atom is -0.455 e. The van der Waals surface area contributed by atoms with Crippen LogP contribution >= 0.6 is 0 Å². The van der Waals surface area contributed by atoms with Gasteiger partial charge in [-0.25, -0.2) is 4.98 Å². The number of hydrogen-bond donors (Lipinski definition) is 0. The largest absolute Gasteiger partial charge is 0.455 e. The Labute approximate surface area is 218 Å². The smallest absolute Gasteiger partial charge is 0.144 e. The molecule has 0 aliphatic rings. The maximum atomic E-state index is 6.38. The minimum atomic E-state index is 0.847. The zero-order valence-electron chi connectivity index (χ0n) is 20.4. The standard InChI is InChI=1S/C35H21NO2/c1-2-10-22(11-3-1)23-20-30(28-16-8-14-26-24-12-4-6-18-32(24)37-34(26)28)36-31(21-23)29-17-9-15-27-25-13-5-7-19-33(25)38-35(27)29/h1-21H. The highest BCUT2D eigenvalue weighted by Gasteiger charge is 2.18. The molecule has 3 heterocycles. The van der Waals surface area contributed by atoms with Crippen molar-refractivity contribution in [1.29, 1.82) is 0 Å². The Morgan fingerprint density at radius 2 is 0.868 bits per heavy atom. The van der Waals surface area contributed by atoms with E-state index in [0.29, 0.717) is 0 Å². The van der Waals surface area contributed by atoms with Crippen molar-refractivity contribution >= 4 is 43.9 Å². The van der Waals surface area contributed by atoms with Crippen LogP contribution in [-0.4, -0.2) is 4.98 Å². The third kappa shape index (κ3) is 3.19. The fraction of sp³-hybridized carbons (Fsp3) is 0. The average Bonchev–Trinajstić information content (AvgIpc) is 3.56. The number of furan rings is 2. The highest BCUT2D eigenvalue weighted by molar-refractivity contribution is 6.11. The first-order chi connectivity index (χ1) is 18.8. The van der Waals surface area contributed by atoms with Gasteiger partial charge < -0.3 is 8.83 Å². The highest BCUT2D eigenvalue weighted by atomic mass is 16.3. The summed E-state index contributed by atoms with van der Waals surface area (Å²) in [5.74, 6) is 0. The van der Waals surface area contributed by atoms with Gasteiger partial charge in [0.1, 0.15) is 22.3 Å². The molecule has 0 amide bonds. The first-order valence-electron chi connectivity index (χ1n) is 12.7. The number of fused-ring (bicyclic) bond motifs is 6. The molecule has 0 saturated heterocycles. The first kappa shape index (κ1) is 21.0. The van der Waals surface area contributed by atoms with Crippen LogP contribution in [0.25, 0.3) is 77.5 Å². The van der Waals surface area contributed by atoms with Gasteiger partial charge in [-0.2, -0.15) is 0 Å². The summed E-state index contributed by atoms with van der Waals surface area (Å²) in [6.45, 7) is 0. The molecule has 38 heavy (non-hydrogen) atoms. The number of rotatable bonds is 3. The molecular weight excluding hydrogens is 466 g/mol. The molecule has 0 fully saturated rings. The van der Waals surface area contributed by atoms with Crippen molar-refractivity contribution in [3.63, 3.8) is 0 Å². The van der Waals surface area contributed by atoms with Crippen LogP contribution in [0.1, 0.15) is 0 Å². The van der Waals surface area contributed by atoms with Crippen LogP contribution in [0.5, 0.6) is 0 Å². The summed E-state index contributed by atoms with van der Waals surface area (Å²) in [7, 11) is 0. The van der Waals surface area contributed by atoms with E-state index in [1.165, 1.54) is 0 Å². The molecular formula is C35H21NO2. The predicted octanol–water partition coefficient (Wildman–Crippen LogP) is 9.88. The van der Waals surface area contributed by atoms with Gasteiger partial charge in [-0.15, -0.1) is 0 Å². The van der Waals surface area contributed by atoms with Crippen molar-refractivity contribution in [2.24, 2.45) is 0 Å². The van der Waals surface area contributed by atoms with E-state index in [9.17, 15) is 0 Å². The molecule has 0 saturated carbocycles. The first-order valence-corrected chi connectivity index (χ1v) is 12.7. The molecule has 178 valence electrons. The van der Waals surface area contributed by atoms with E-state index >= 15 is 0 Å². The fourth-order valence-corrected chi connectivity index (χ4v) is 5.50. The molecule has 3 aromatic heterocycles. The van der Waals surface area contributed by atoms with E-state index in [0.717, 1.165) is 77.5 Å². The Morgan fingerprint density at radius 3 is 1.42 bits per heavy atom. The normalized spacial score (nSPS) is 11.7. The lowest BCUT2D eigenvalue weighted by atomic mass is 9.98. The quantitative estimate of drug-likeness (QED) is 0.249. The lowest BCUT2D eigenvalue weighted by Gasteiger charge is -2.11. The summed E-state index contributed by atoms with van der Waals surface area (Å²) in [6, 6.07) is 43.6. The van der Waals surface area contributed by atoms with Crippen LogP contribution < -0.4 is 0 Å². The Balaban J connectivity index is 1.43. The maximum absolute atomic E-state index is 6.38. The number of nitrogens with zero attached hydrogens (tertiary/aromatic N) is 1. The molecule has 0 spiro atoms. The lowest BCUT2D eigenvalue weighted by Crippen LogP contribution is -1.92. The van der Waals surface area contributed by atoms with Crippen molar-refractivity contribution in [3.05, 3.63) is 127 Å². The van der Waals surface area contributed by atoms with Crippen LogP contribution in [0.4, 0.5) is 0 Å². The Hall–Kier alpha value is -5.15. The van der Waals surface area contributed by atoms with E-state index in [-0.39, 0.29) is 0 Å². The summed E-state index contributed by atoms with van der Waals surface area (Å²) >= 11 is 0. The second-order valence-corrected chi connectivity index (χ2v) is 9.55. The van der Waals surface area contributed by atoms with Gasteiger partial charge in [0, 0.05) is 32.7 Å². The van der Waals surface area contributed by atoms with E-state index < -0.39 is 0 Å². The second-order valence-electron chi connectivity index (χ2n) is 9.55. The van der Waals surface area contributed by atoms with Gasteiger partial charge in [-0.1, -0.05) is 91.0 Å². The molecule has 0 bridgehead atoms. The van der Waals surface area contributed by atoms with Gasteiger partial charge in [-0.3, -0.25) is 0 Å². The molecule has 0 atom stereocenters. The Morgan fingerprint density at radius 1 is 0.395 bits per heavy atom.